The molecule has 168 valence electrons. The van der Waals surface area contributed by atoms with Gasteiger partial charge in [0.1, 0.15) is 5.69 Å². The third kappa shape index (κ3) is 4.49. The number of aromatic nitrogens is 3. The van der Waals surface area contributed by atoms with E-state index < -0.39 is 0 Å². The van der Waals surface area contributed by atoms with Gasteiger partial charge >= 0.3 is 0 Å². The van der Waals surface area contributed by atoms with Gasteiger partial charge in [0.25, 0.3) is 5.91 Å². The SMILES string of the molecule is Cc1cc(OCC(=O)Nc2ccc(Cl)cc2)nc2c1c(-c1ccccc1)nn2-c1ccccc1. The molecule has 0 bridgehead atoms. The summed E-state index contributed by atoms with van der Waals surface area (Å²) in [4.78, 5) is 17.1. The molecule has 0 saturated carbocycles. The normalized spacial score (nSPS) is 10.9. The summed E-state index contributed by atoms with van der Waals surface area (Å²) in [7, 11) is 0. The number of ether oxygens (including phenoxy) is 1. The van der Waals surface area contributed by atoms with Crippen LogP contribution < -0.4 is 10.1 Å². The van der Waals surface area contributed by atoms with Gasteiger partial charge in [-0.3, -0.25) is 4.79 Å². The molecule has 2 heterocycles. The van der Waals surface area contributed by atoms with Crippen LogP contribution in [-0.4, -0.2) is 27.3 Å². The number of halogens is 1. The number of nitrogens with zero attached hydrogens (tertiary/aromatic N) is 3. The Kier molecular flexibility index (Phi) is 5.97. The van der Waals surface area contributed by atoms with E-state index in [4.69, 9.17) is 26.4 Å². The van der Waals surface area contributed by atoms with Gasteiger partial charge in [-0.2, -0.15) is 10.1 Å². The number of nitrogens with one attached hydrogen (secondary N) is 1. The number of fused-ring (bicyclic) bond motifs is 1. The number of pyridine rings is 1. The maximum Gasteiger partial charge on any atom is 0.262 e. The van der Waals surface area contributed by atoms with Gasteiger partial charge in [-0.25, -0.2) is 4.68 Å². The maximum absolute atomic E-state index is 12.4. The van der Waals surface area contributed by atoms with Gasteiger partial charge in [0.2, 0.25) is 5.88 Å². The van der Waals surface area contributed by atoms with Gasteiger partial charge in [-0.15, -0.1) is 0 Å². The minimum absolute atomic E-state index is 0.175. The summed E-state index contributed by atoms with van der Waals surface area (Å²) in [6.45, 7) is 1.82. The van der Waals surface area contributed by atoms with Crippen molar-refractivity contribution in [1.82, 2.24) is 14.8 Å². The second kappa shape index (κ2) is 9.37. The van der Waals surface area contributed by atoms with E-state index in [2.05, 4.69) is 5.32 Å². The highest BCUT2D eigenvalue weighted by Crippen LogP contribution is 2.33. The number of carbonyl (C=O) groups is 1. The number of hydrogen-bond donors (Lipinski definition) is 1. The zero-order chi connectivity index (χ0) is 23.5. The predicted octanol–water partition coefficient (Wildman–Crippen LogP) is 6.07. The van der Waals surface area contributed by atoms with Crippen LogP contribution >= 0.6 is 11.6 Å². The molecule has 34 heavy (non-hydrogen) atoms. The number of aryl methyl sites for hydroxylation is 1. The lowest BCUT2D eigenvalue weighted by molar-refractivity contribution is -0.118. The smallest absolute Gasteiger partial charge is 0.262 e. The monoisotopic (exact) mass is 468 g/mol. The molecule has 5 aromatic rings. The Morgan fingerprint density at radius 1 is 0.971 bits per heavy atom. The van der Waals surface area contributed by atoms with Gasteiger partial charge in [0.05, 0.1) is 11.1 Å². The molecule has 5 rings (SSSR count). The van der Waals surface area contributed by atoms with Crippen LogP contribution in [0, 0.1) is 6.92 Å². The Hall–Kier alpha value is -4.16. The van der Waals surface area contributed by atoms with E-state index in [0.29, 0.717) is 22.2 Å². The zero-order valence-corrected chi connectivity index (χ0v) is 19.2. The first-order valence-electron chi connectivity index (χ1n) is 10.8. The largest absolute Gasteiger partial charge is 0.467 e. The van der Waals surface area contributed by atoms with Gasteiger partial charge in [0, 0.05) is 22.3 Å². The Balaban J connectivity index is 1.48. The molecule has 7 heteroatoms. The first-order chi connectivity index (χ1) is 16.6. The molecule has 0 radical (unpaired) electrons. The fourth-order valence-electron chi connectivity index (χ4n) is 3.76. The third-order valence-corrected chi connectivity index (χ3v) is 5.59. The van der Waals surface area contributed by atoms with Crippen LogP contribution in [-0.2, 0) is 4.79 Å². The summed E-state index contributed by atoms with van der Waals surface area (Å²) in [5, 5.41) is 9.23. The first kappa shape index (κ1) is 21.7. The second-order valence-electron chi connectivity index (χ2n) is 7.78. The van der Waals surface area contributed by atoms with E-state index in [1.54, 1.807) is 24.3 Å². The van der Waals surface area contributed by atoms with Crippen molar-refractivity contribution in [1.29, 1.82) is 0 Å². The van der Waals surface area contributed by atoms with Gasteiger partial charge in [0.15, 0.2) is 12.3 Å². The van der Waals surface area contributed by atoms with E-state index in [9.17, 15) is 4.79 Å². The average Bonchev–Trinajstić information content (AvgIpc) is 3.25. The molecule has 1 N–H and O–H groups in total. The van der Waals surface area contributed by atoms with E-state index in [1.165, 1.54) is 0 Å². The number of anilines is 1. The van der Waals surface area contributed by atoms with Crippen molar-refractivity contribution in [3.63, 3.8) is 0 Å². The molecular weight excluding hydrogens is 448 g/mol. The summed E-state index contributed by atoms with van der Waals surface area (Å²) >= 11 is 5.90. The van der Waals surface area contributed by atoms with E-state index in [1.807, 2.05) is 78.3 Å². The summed E-state index contributed by atoms with van der Waals surface area (Å²) in [5.74, 6) is 0.0661. The van der Waals surface area contributed by atoms with Crippen LogP contribution in [0.5, 0.6) is 5.88 Å². The molecule has 0 aliphatic rings. The quantitative estimate of drug-likeness (QED) is 0.328. The molecule has 0 aliphatic carbocycles. The van der Waals surface area contributed by atoms with Crippen molar-refractivity contribution in [3.8, 4) is 22.8 Å². The molecule has 0 fully saturated rings. The van der Waals surface area contributed by atoms with Crippen LogP contribution in [0.4, 0.5) is 5.69 Å². The summed E-state index contributed by atoms with van der Waals surface area (Å²) in [6.07, 6.45) is 0. The highest BCUT2D eigenvalue weighted by molar-refractivity contribution is 6.30. The van der Waals surface area contributed by atoms with E-state index in [0.717, 1.165) is 27.9 Å². The molecule has 1 amide bonds. The van der Waals surface area contributed by atoms with Crippen LogP contribution in [0.25, 0.3) is 28.0 Å². The molecule has 3 aromatic carbocycles. The van der Waals surface area contributed by atoms with Crippen molar-refractivity contribution < 1.29 is 9.53 Å². The first-order valence-corrected chi connectivity index (χ1v) is 11.2. The van der Waals surface area contributed by atoms with Crippen LogP contribution in [0.15, 0.2) is 91.0 Å². The fourth-order valence-corrected chi connectivity index (χ4v) is 3.89. The van der Waals surface area contributed by atoms with Crippen molar-refractivity contribution in [2.24, 2.45) is 0 Å². The van der Waals surface area contributed by atoms with Crippen molar-refractivity contribution in [3.05, 3.63) is 102 Å². The minimum Gasteiger partial charge on any atom is -0.467 e. The molecule has 0 aliphatic heterocycles. The number of benzene rings is 3. The van der Waals surface area contributed by atoms with Crippen molar-refractivity contribution >= 4 is 34.2 Å². The molecular formula is C27H21ClN4O2. The lowest BCUT2D eigenvalue weighted by Gasteiger charge is -2.09. The molecule has 6 nitrogen and oxygen atoms in total. The van der Waals surface area contributed by atoms with Crippen molar-refractivity contribution in [2.75, 3.05) is 11.9 Å². The Morgan fingerprint density at radius 3 is 2.35 bits per heavy atom. The number of carbonyl (C=O) groups excluding carboxylic acids is 1. The standard InChI is InChI=1S/C27H21ClN4O2/c1-18-16-24(34-17-23(33)29-21-14-12-20(28)13-15-21)30-27-25(18)26(19-8-4-2-5-9-19)31-32(27)22-10-6-3-7-11-22/h2-16H,17H2,1H3,(H,29,33). The van der Waals surface area contributed by atoms with Crippen molar-refractivity contribution in [2.45, 2.75) is 6.92 Å². The summed E-state index contributed by atoms with van der Waals surface area (Å²) in [5.41, 5.74) is 5.00. The number of rotatable bonds is 6. The lowest BCUT2D eigenvalue weighted by atomic mass is 10.1. The van der Waals surface area contributed by atoms with Crippen LogP contribution in [0.2, 0.25) is 5.02 Å². The number of para-hydroxylation sites is 1. The molecule has 2 aromatic heterocycles. The Labute approximate surface area is 201 Å². The van der Waals surface area contributed by atoms with E-state index in [-0.39, 0.29) is 12.5 Å². The van der Waals surface area contributed by atoms with Crippen LogP contribution in [0.3, 0.4) is 0 Å². The summed E-state index contributed by atoms with van der Waals surface area (Å²) < 4.78 is 7.58. The minimum atomic E-state index is -0.289. The molecule has 0 unspecified atom stereocenters. The number of amides is 1. The highest BCUT2D eigenvalue weighted by atomic mass is 35.5. The predicted molar refractivity (Wildman–Crippen MR) is 135 cm³/mol. The highest BCUT2D eigenvalue weighted by Gasteiger charge is 2.19. The Morgan fingerprint density at radius 2 is 1.65 bits per heavy atom. The average molecular weight is 469 g/mol. The van der Waals surface area contributed by atoms with Gasteiger partial charge < -0.3 is 10.1 Å². The van der Waals surface area contributed by atoms with Gasteiger partial charge in [-0.1, -0.05) is 60.1 Å². The van der Waals surface area contributed by atoms with Crippen LogP contribution in [0.1, 0.15) is 5.56 Å². The number of hydrogen-bond acceptors (Lipinski definition) is 4. The zero-order valence-electron chi connectivity index (χ0n) is 18.4. The molecule has 0 spiro atoms. The maximum atomic E-state index is 12.4. The lowest BCUT2D eigenvalue weighted by Crippen LogP contribution is -2.20. The molecule has 0 atom stereocenters. The van der Waals surface area contributed by atoms with E-state index >= 15 is 0 Å². The third-order valence-electron chi connectivity index (χ3n) is 5.34. The second-order valence-corrected chi connectivity index (χ2v) is 8.22. The summed E-state index contributed by atoms with van der Waals surface area (Å²) in [6, 6.07) is 28.6. The topological polar surface area (TPSA) is 69.0 Å². The van der Waals surface area contributed by atoms with Gasteiger partial charge in [-0.05, 0) is 48.9 Å². The molecule has 0 saturated heterocycles. The fraction of sp³-hybridized carbons (Fsp3) is 0.0741. The Bertz CT molecular complexity index is 1450.